The van der Waals surface area contributed by atoms with E-state index < -0.39 is 12.0 Å². The second-order valence-corrected chi connectivity index (χ2v) is 4.08. The summed E-state index contributed by atoms with van der Waals surface area (Å²) < 4.78 is 4.76. The van der Waals surface area contributed by atoms with Crippen molar-refractivity contribution < 1.29 is 23.9 Å². The lowest BCUT2D eigenvalue weighted by Gasteiger charge is -2.11. The quantitative estimate of drug-likeness (QED) is 0.662. The third-order valence-electron chi connectivity index (χ3n) is 2.31. The van der Waals surface area contributed by atoms with Gasteiger partial charge in [-0.3, -0.25) is 14.4 Å². The van der Waals surface area contributed by atoms with E-state index in [9.17, 15) is 14.4 Å². The lowest BCUT2D eigenvalue weighted by Crippen LogP contribution is -2.36. The molecule has 2 amide bonds. The maximum atomic E-state index is 11.5. The van der Waals surface area contributed by atoms with Crippen LogP contribution >= 0.6 is 0 Å². The molecule has 1 aromatic heterocycles. The highest BCUT2D eigenvalue weighted by atomic mass is 16.4. The number of carbonyl (C=O) groups is 3. The lowest BCUT2D eigenvalue weighted by molar-refractivity contribution is -0.137. The number of rotatable bonds is 7. The first kappa shape index (κ1) is 14.7. The summed E-state index contributed by atoms with van der Waals surface area (Å²) in [7, 11) is 0. The summed E-state index contributed by atoms with van der Waals surface area (Å²) >= 11 is 0. The number of aliphatic carboxylic acids is 1. The van der Waals surface area contributed by atoms with Crippen LogP contribution in [0, 0.1) is 0 Å². The van der Waals surface area contributed by atoms with E-state index >= 15 is 0 Å². The van der Waals surface area contributed by atoms with Gasteiger partial charge in [0.05, 0.1) is 18.2 Å². The molecule has 0 aliphatic heterocycles. The van der Waals surface area contributed by atoms with Crippen LogP contribution < -0.4 is 10.6 Å². The average molecular weight is 268 g/mol. The first-order chi connectivity index (χ1) is 8.99. The Kier molecular flexibility index (Phi) is 5.59. The topological polar surface area (TPSA) is 109 Å². The van der Waals surface area contributed by atoms with Gasteiger partial charge < -0.3 is 20.2 Å². The maximum absolute atomic E-state index is 11.5. The Balaban J connectivity index is 2.20. The minimum Gasteiger partial charge on any atom is -0.481 e. The molecule has 0 spiro atoms. The van der Waals surface area contributed by atoms with Crippen LogP contribution in [0.15, 0.2) is 23.0 Å². The van der Waals surface area contributed by atoms with Crippen molar-refractivity contribution in [1.29, 1.82) is 0 Å². The molecule has 0 aliphatic rings. The third kappa shape index (κ3) is 5.71. The molecular weight excluding hydrogens is 252 g/mol. The summed E-state index contributed by atoms with van der Waals surface area (Å²) in [5.41, 5.74) is 0.389. The highest BCUT2D eigenvalue weighted by Crippen LogP contribution is 1.99. The molecule has 0 aromatic carbocycles. The van der Waals surface area contributed by atoms with Gasteiger partial charge in [0, 0.05) is 19.0 Å². The van der Waals surface area contributed by atoms with Gasteiger partial charge in [0.2, 0.25) is 5.91 Å². The summed E-state index contributed by atoms with van der Waals surface area (Å²) in [5, 5.41) is 13.6. The fraction of sp³-hybridized carbons (Fsp3) is 0.417. The molecule has 0 saturated heterocycles. The average Bonchev–Trinajstić information content (AvgIpc) is 2.80. The number of carboxylic acids is 1. The van der Waals surface area contributed by atoms with Crippen molar-refractivity contribution in [2.45, 2.75) is 25.8 Å². The zero-order valence-corrected chi connectivity index (χ0v) is 10.5. The maximum Gasteiger partial charge on any atom is 0.305 e. The molecule has 1 unspecified atom stereocenters. The number of carboxylic acid groups (broad SMARTS) is 1. The van der Waals surface area contributed by atoms with Gasteiger partial charge in [-0.2, -0.15) is 0 Å². The van der Waals surface area contributed by atoms with Gasteiger partial charge in [-0.1, -0.05) is 0 Å². The van der Waals surface area contributed by atoms with Crippen LogP contribution in [0.4, 0.5) is 0 Å². The minimum atomic E-state index is -0.971. The van der Waals surface area contributed by atoms with Crippen LogP contribution in [-0.4, -0.2) is 35.5 Å². The van der Waals surface area contributed by atoms with Gasteiger partial charge in [0.25, 0.3) is 5.91 Å². The second-order valence-electron chi connectivity index (χ2n) is 4.08. The molecule has 0 fully saturated rings. The zero-order chi connectivity index (χ0) is 14.3. The summed E-state index contributed by atoms with van der Waals surface area (Å²) in [5.74, 6) is -1.59. The second kappa shape index (κ2) is 7.20. The van der Waals surface area contributed by atoms with E-state index in [0.717, 1.165) is 0 Å². The summed E-state index contributed by atoms with van der Waals surface area (Å²) in [6.07, 6.45) is 2.65. The number of furan rings is 1. The molecule has 19 heavy (non-hydrogen) atoms. The molecule has 1 aromatic rings. The first-order valence-corrected chi connectivity index (χ1v) is 5.80. The highest BCUT2D eigenvalue weighted by molar-refractivity contribution is 5.94. The van der Waals surface area contributed by atoms with E-state index in [2.05, 4.69) is 10.6 Å². The molecule has 1 atom stereocenters. The van der Waals surface area contributed by atoms with Crippen molar-refractivity contribution >= 4 is 17.8 Å². The molecule has 7 heteroatoms. The number of amides is 2. The monoisotopic (exact) mass is 268 g/mol. The fourth-order valence-corrected chi connectivity index (χ4v) is 1.45. The summed E-state index contributed by atoms with van der Waals surface area (Å²) in [6, 6.07) is 1.08. The summed E-state index contributed by atoms with van der Waals surface area (Å²) in [4.78, 5) is 33.3. The van der Waals surface area contributed by atoms with Crippen molar-refractivity contribution in [2.75, 3.05) is 6.54 Å². The van der Waals surface area contributed by atoms with E-state index in [1.807, 2.05) is 0 Å². The Morgan fingerprint density at radius 1 is 1.42 bits per heavy atom. The molecule has 7 nitrogen and oxygen atoms in total. The van der Waals surface area contributed by atoms with Gasteiger partial charge in [-0.05, 0) is 13.0 Å². The predicted molar refractivity (Wildman–Crippen MR) is 65.5 cm³/mol. The standard InChI is InChI=1S/C12H16N2O5/c1-8(6-11(16)17)14-10(15)2-4-13-12(18)9-3-5-19-7-9/h3,5,7-8H,2,4,6H2,1H3,(H,13,18)(H,14,15)(H,16,17). The Morgan fingerprint density at radius 3 is 2.74 bits per heavy atom. The highest BCUT2D eigenvalue weighted by Gasteiger charge is 2.11. The fourth-order valence-electron chi connectivity index (χ4n) is 1.45. The van der Waals surface area contributed by atoms with Crippen LogP contribution in [0.2, 0.25) is 0 Å². The molecular formula is C12H16N2O5. The lowest BCUT2D eigenvalue weighted by atomic mass is 10.2. The molecule has 104 valence electrons. The zero-order valence-electron chi connectivity index (χ0n) is 10.5. The van der Waals surface area contributed by atoms with Gasteiger partial charge in [0.15, 0.2) is 0 Å². The molecule has 3 N–H and O–H groups in total. The van der Waals surface area contributed by atoms with Crippen molar-refractivity contribution in [3.05, 3.63) is 24.2 Å². The molecule has 0 saturated carbocycles. The van der Waals surface area contributed by atoms with Crippen molar-refractivity contribution in [3.8, 4) is 0 Å². The van der Waals surface area contributed by atoms with Crippen molar-refractivity contribution in [2.24, 2.45) is 0 Å². The smallest absolute Gasteiger partial charge is 0.305 e. The Bertz CT molecular complexity index is 441. The molecule has 0 aliphatic carbocycles. The summed E-state index contributed by atoms with van der Waals surface area (Å²) in [6.45, 7) is 1.78. The number of carbonyl (C=O) groups excluding carboxylic acids is 2. The van der Waals surface area contributed by atoms with Gasteiger partial charge in [0.1, 0.15) is 6.26 Å². The minimum absolute atomic E-state index is 0.0908. The van der Waals surface area contributed by atoms with Crippen LogP contribution in [0.3, 0.4) is 0 Å². The molecule has 0 bridgehead atoms. The number of hydrogen-bond donors (Lipinski definition) is 3. The Labute approximate surface area is 110 Å². The van der Waals surface area contributed by atoms with Gasteiger partial charge in [-0.15, -0.1) is 0 Å². The van der Waals surface area contributed by atoms with Crippen LogP contribution in [0.1, 0.15) is 30.1 Å². The van der Waals surface area contributed by atoms with Gasteiger partial charge in [-0.25, -0.2) is 0 Å². The van der Waals surface area contributed by atoms with Crippen molar-refractivity contribution in [1.82, 2.24) is 10.6 Å². The van der Waals surface area contributed by atoms with Gasteiger partial charge >= 0.3 is 5.97 Å². The SMILES string of the molecule is CC(CC(=O)O)NC(=O)CCNC(=O)c1ccoc1. The first-order valence-electron chi connectivity index (χ1n) is 5.80. The number of nitrogens with one attached hydrogen (secondary N) is 2. The Hall–Kier alpha value is -2.31. The van der Waals surface area contributed by atoms with E-state index in [4.69, 9.17) is 9.52 Å². The third-order valence-corrected chi connectivity index (χ3v) is 2.31. The van der Waals surface area contributed by atoms with E-state index in [1.54, 1.807) is 6.92 Å². The van der Waals surface area contributed by atoms with E-state index in [-0.39, 0.29) is 31.2 Å². The van der Waals surface area contributed by atoms with Crippen LogP contribution in [0.25, 0.3) is 0 Å². The Morgan fingerprint density at radius 2 is 2.16 bits per heavy atom. The molecule has 1 heterocycles. The van der Waals surface area contributed by atoms with Crippen LogP contribution in [-0.2, 0) is 9.59 Å². The molecule has 0 radical (unpaired) electrons. The normalized spacial score (nSPS) is 11.6. The van der Waals surface area contributed by atoms with E-state index in [0.29, 0.717) is 5.56 Å². The predicted octanol–water partition coefficient (Wildman–Crippen LogP) is 0.379. The molecule has 1 rings (SSSR count). The van der Waals surface area contributed by atoms with E-state index in [1.165, 1.54) is 18.6 Å². The van der Waals surface area contributed by atoms with Crippen LogP contribution in [0.5, 0.6) is 0 Å². The van der Waals surface area contributed by atoms with Crippen molar-refractivity contribution in [3.63, 3.8) is 0 Å². The number of hydrogen-bond acceptors (Lipinski definition) is 4. The largest absolute Gasteiger partial charge is 0.481 e.